The van der Waals surface area contributed by atoms with Crippen molar-refractivity contribution in [2.24, 2.45) is 0 Å². The highest BCUT2D eigenvalue weighted by molar-refractivity contribution is 4.82. The van der Waals surface area contributed by atoms with Crippen LogP contribution in [0.4, 0.5) is 0 Å². The smallest absolute Gasteiger partial charge is 0.0351 e. The monoisotopic (exact) mass is 461 g/mol. The van der Waals surface area contributed by atoms with E-state index in [4.69, 9.17) is 0 Å². The molecule has 0 rings (SSSR count). The molecule has 0 fully saturated rings. The highest BCUT2D eigenvalue weighted by Crippen LogP contribution is 2.14. The van der Waals surface area contributed by atoms with Crippen molar-refractivity contribution in [2.45, 2.75) is 187 Å². The van der Waals surface area contributed by atoms with Crippen molar-refractivity contribution in [3.05, 3.63) is 24.3 Å². The first-order valence-corrected chi connectivity index (χ1v) is 15.7. The Kier molecular flexibility index (Phi) is 31.0. The first kappa shape index (κ1) is 32.5. The molecule has 0 saturated heterocycles. The van der Waals surface area contributed by atoms with E-state index in [1.807, 2.05) is 0 Å². The molecule has 0 heteroatoms. The molecular formula is C33H64. The van der Waals surface area contributed by atoms with Gasteiger partial charge in [0.05, 0.1) is 0 Å². The lowest BCUT2D eigenvalue weighted by atomic mass is 10.0. The van der Waals surface area contributed by atoms with E-state index in [-0.39, 0.29) is 0 Å². The summed E-state index contributed by atoms with van der Waals surface area (Å²) in [6, 6.07) is 0. The van der Waals surface area contributed by atoms with Gasteiger partial charge in [-0.3, -0.25) is 0 Å². The Labute approximate surface area is 211 Å². The van der Waals surface area contributed by atoms with Crippen LogP contribution in [0.25, 0.3) is 0 Å². The first-order valence-electron chi connectivity index (χ1n) is 15.7. The van der Waals surface area contributed by atoms with Gasteiger partial charge >= 0.3 is 0 Å². The van der Waals surface area contributed by atoms with Gasteiger partial charge in [0, 0.05) is 0 Å². The molecule has 0 aromatic heterocycles. The van der Waals surface area contributed by atoms with Crippen LogP contribution in [0.5, 0.6) is 0 Å². The van der Waals surface area contributed by atoms with Crippen LogP contribution in [-0.2, 0) is 0 Å². The predicted molar refractivity (Wildman–Crippen MR) is 154 cm³/mol. The van der Waals surface area contributed by atoms with Gasteiger partial charge in [0.25, 0.3) is 0 Å². The SMILES string of the molecule is CCCCCCCC/C=C\CCCCCCCCCCCCC/C=C\CCCCCCCC. The second kappa shape index (κ2) is 31.5. The van der Waals surface area contributed by atoms with Crippen molar-refractivity contribution >= 4 is 0 Å². The van der Waals surface area contributed by atoms with E-state index in [0.717, 1.165) is 0 Å². The molecule has 0 aliphatic rings. The molecule has 0 bridgehead atoms. The zero-order valence-corrected chi connectivity index (χ0v) is 23.4. The summed E-state index contributed by atoms with van der Waals surface area (Å²) in [6.45, 7) is 4.59. The van der Waals surface area contributed by atoms with Crippen LogP contribution in [0, 0.1) is 0 Å². The molecule has 0 unspecified atom stereocenters. The van der Waals surface area contributed by atoms with Crippen molar-refractivity contribution < 1.29 is 0 Å². The molecule has 0 aromatic carbocycles. The Morgan fingerprint density at radius 3 is 0.636 bits per heavy atom. The zero-order valence-electron chi connectivity index (χ0n) is 23.4. The summed E-state index contributed by atoms with van der Waals surface area (Å²) in [4.78, 5) is 0. The minimum atomic E-state index is 1.31. The molecule has 0 atom stereocenters. The van der Waals surface area contributed by atoms with E-state index in [1.54, 1.807) is 0 Å². The van der Waals surface area contributed by atoms with Crippen LogP contribution in [0.1, 0.15) is 187 Å². The van der Waals surface area contributed by atoms with E-state index in [2.05, 4.69) is 38.2 Å². The second-order valence-corrected chi connectivity index (χ2v) is 10.5. The van der Waals surface area contributed by atoms with E-state index >= 15 is 0 Å². The molecule has 0 aliphatic heterocycles. The summed E-state index contributed by atoms with van der Waals surface area (Å²) in [5.41, 5.74) is 0. The van der Waals surface area contributed by atoms with Crippen molar-refractivity contribution in [2.75, 3.05) is 0 Å². The van der Waals surface area contributed by atoms with Crippen molar-refractivity contribution in [3.63, 3.8) is 0 Å². The number of unbranched alkanes of at least 4 members (excludes halogenated alkanes) is 24. The van der Waals surface area contributed by atoms with Crippen LogP contribution < -0.4 is 0 Å². The number of allylic oxidation sites excluding steroid dienone is 4. The maximum absolute atomic E-state index is 2.44. The van der Waals surface area contributed by atoms with Crippen molar-refractivity contribution in [1.29, 1.82) is 0 Å². The molecule has 0 saturated carbocycles. The van der Waals surface area contributed by atoms with Crippen LogP contribution >= 0.6 is 0 Å². The van der Waals surface area contributed by atoms with E-state index in [0.29, 0.717) is 0 Å². The van der Waals surface area contributed by atoms with E-state index < -0.39 is 0 Å². The maximum Gasteiger partial charge on any atom is -0.0351 e. The highest BCUT2D eigenvalue weighted by atomic mass is 14.0. The molecule has 0 aliphatic carbocycles. The minimum absolute atomic E-state index is 1.31. The van der Waals surface area contributed by atoms with Gasteiger partial charge in [0.1, 0.15) is 0 Å². The number of rotatable bonds is 28. The summed E-state index contributed by atoms with van der Waals surface area (Å²) in [5, 5.41) is 0. The van der Waals surface area contributed by atoms with Gasteiger partial charge in [0.2, 0.25) is 0 Å². The molecule has 0 radical (unpaired) electrons. The fourth-order valence-electron chi connectivity index (χ4n) is 4.67. The maximum atomic E-state index is 2.44. The van der Waals surface area contributed by atoms with Gasteiger partial charge in [-0.05, 0) is 51.4 Å². The minimum Gasteiger partial charge on any atom is -0.0885 e. The van der Waals surface area contributed by atoms with Gasteiger partial charge in [-0.25, -0.2) is 0 Å². The van der Waals surface area contributed by atoms with Crippen LogP contribution in [-0.4, -0.2) is 0 Å². The average Bonchev–Trinajstić information content (AvgIpc) is 2.83. The van der Waals surface area contributed by atoms with Gasteiger partial charge < -0.3 is 0 Å². The highest BCUT2D eigenvalue weighted by Gasteiger charge is 1.94. The average molecular weight is 461 g/mol. The largest absolute Gasteiger partial charge is 0.0885 e. The number of hydrogen-bond donors (Lipinski definition) is 0. The summed E-state index contributed by atoms with van der Waals surface area (Å²) in [6.07, 6.45) is 47.9. The van der Waals surface area contributed by atoms with E-state index in [9.17, 15) is 0 Å². The predicted octanol–water partition coefficient (Wildman–Crippen LogP) is 12.7. The molecule has 0 heterocycles. The quantitative estimate of drug-likeness (QED) is 0.0804. The Balaban J connectivity index is 3.10. The first-order chi connectivity index (χ1) is 16.4. The Morgan fingerprint density at radius 1 is 0.242 bits per heavy atom. The fourth-order valence-corrected chi connectivity index (χ4v) is 4.67. The zero-order chi connectivity index (χ0) is 23.9. The Morgan fingerprint density at radius 2 is 0.424 bits per heavy atom. The standard InChI is InChI=1S/C33H64/c1-3-5-7-9-11-13-15-17-19-21-23-25-27-29-31-33-32-30-28-26-24-22-20-18-16-14-12-10-8-6-4-2/h17-20H,3-16,21-33H2,1-2H3/b19-17-,20-18-. The summed E-state index contributed by atoms with van der Waals surface area (Å²) >= 11 is 0. The Bertz CT molecular complexity index is 341. The van der Waals surface area contributed by atoms with Crippen LogP contribution in [0.15, 0.2) is 24.3 Å². The molecule has 0 N–H and O–H groups in total. The molecular weight excluding hydrogens is 396 g/mol. The van der Waals surface area contributed by atoms with Gasteiger partial charge in [0.15, 0.2) is 0 Å². The molecule has 0 spiro atoms. The summed E-state index contributed by atoms with van der Waals surface area (Å²) in [7, 11) is 0. The summed E-state index contributed by atoms with van der Waals surface area (Å²) in [5.74, 6) is 0. The summed E-state index contributed by atoms with van der Waals surface area (Å²) < 4.78 is 0. The van der Waals surface area contributed by atoms with E-state index in [1.165, 1.54) is 173 Å². The second-order valence-electron chi connectivity index (χ2n) is 10.5. The lowest BCUT2D eigenvalue weighted by molar-refractivity contribution is 0.547. The normalized spacial score (nSPS) is 11.9. The lowest BCUT2D eigenvalue weighted by Crippen LogP contribution is -1.82. The molecule has 0 aromatic rings. The third kappa shape index (κ3) is 31.5. The topological polar surface area (TPSA) is 0 Å². The van der Waals surface area contributed by atoms with Crippen molar-refractivity contribution in [1.82, 2.24) is 0 Å². The Hall–Kier alpha value is -0.520. The van der Waals surface area contributed by atoms with Crippen LogP contribution in [0.3, 0.4) is 0 Å². The molecule has 33 heavy (non-hydrogen) atoms. The molecule has 0 amide bonds. The molecule has 196 valence electrons. The van der Waals surface area contributed by atoms with Crippen molar-refractivity contribution in [3.8, 4) is 0 Å². The van der Waals surface area contributed by atoms with Gasteiger partial charge in [-0.2, -0.15) is 0 Å². The van der Waals surface area contributed by atoms with Gasteiger partial charge in [-0.1, -0.05) is 160 Å². The van der Waals surface area contributed by atoms with Gasteiger partial charge in [-0.15, -0.1) is 0 Å². The third-order valence-corrected chi connectivity index (χ3v) is 7.02. The number of hydrogen-bond acceptors (Lipinski definition) is 0. The lowest BCUT2D eigenvalue weighted by Gasteiger charge is -2.02. The van der Waals surface area contributed by atoms with Crippen LogP contribution in [0.2, 0.25) is 0 Å². The molecule has 0 nitrogen and oxygen atoms in total. The third-order valence-electron chi connectivity index (χ3n) is 7.02. The fraction of sp³-hybridized carbons (Fsp3) is 0.879.